The Hall–Kier alpha value is -3.35. The van der Waals surface area contributed by atoms with Crippen LogP contribution >= 0.6 is 0 Å². The van der Waals surface area contributed by atoms with Gasteiger partial charge in [0, 0.05) is 25.3 Å². The van der Waals surface area contributed by atoms with E-state index < -0.39 is 4.92 Å². The van der Waals surface area contributed by atoms with Crippen LogP contribution in [0.25, 0.3) is 6.08 Å². The number of hydrogen-bond donors (Lipinski definition) is 0. The van der Waals surface area contributed by atoms with E-state index >= 15 is 0 Å². The molecule has 0 saturated heterocycles. The molecule has 2 aromatic rings. The predicted octanol–water partition coefficient (Wildman–Crippen LogP) is 3.84. The molecule has 0 aliphatic carbocycles. The van der Waals surface area contributed by atoms with Crippen molar-refractivity contribution in [2.45, 2.75) is 13.0 Å². The van der Waals surface area contributed by atoms with E-state index in [0.29, 0.717) is 17.1 Å². The number of nitro benzene ring substituents is 1. The number of likely N-dealkylation sites (N-methyl/N-ethyl adjacent to an activating group) is 1. The van der Waals surface area contributed by atoms with Crippen molar-refractivity contribution in [3.05, 3.63) is 69.8 Å². The third-order valence-corrected chi connectivity index (χ3v) is 4.32. The number of ether oxygens (including phenoxy) is 2. The van der Waals surface area contributed by atoms with Gasteiger partial charge in [-0.15, -0.1) is 0 Å². The van der Waals surface area contributed by atoms with Crippen molar-refractivity contribution in [1.29, 1.82) is 0 Å². The minimum Gasteiger partial charge on any atom is -0.493 e. The molecule has 0 aromatic heterocycles. The van der Waals surface area contributed by atoms with Crippen molar-refractivity contribution in [2.24, 2.45) is 0 Å². The van der Waals surface area contributed by atoms with Gasteiger partial charge in [-0.1, -0.05) is 18.2 Å². The minimum absolute atomic E-state index is 0.000990. The molecule has 0 bridgehead atoms. The van der Waals surface area contributed by atoms with Gasteiger partial charge in [0.2, 0.25) is 5.91 Å². The lowest BCUT2D eigenvalue weighted by Gasteiger charge is -2.24. The molecule has 7 nitrogen and oxygen atoms in total. The molecule has 7 heteroatoms. The first-order chi connectivity index (χ1) is 12.9. The third kappa shape index (κ3) is 4.84. The molecule has 0 N–H and O–H groups in total. The average molecular weight is 370 g/mol. The van der Waals surface area contributed by atoms with Crippen molar-refractivity contribution in [3.8, 4) is 11.5 Å². The lowest BCUT2D eigenvalue weighted by atomic mass is 10.1. The Morgan fingerprint density at radius 2 is 1.85 bits per heavy atom. The van der Waals surface area contributed by atoms with Crippen molar-refractivity contribution in [2.75, 3.05) is 21.3 Å². The van der Waals surface area contributed by atoms with Gasteiger partial charge in [-0.3, -0.25) is 14.9 Å². The lowest BCUT2D eigenvalue weighted by Crippen LogP contribution is -2.28. The largest absolute Gasteiger partial charge is 0.493 e. The second kappa shape index (κ2) is 8.84. The van der Waals surface area contributed by atoms with Crippen LogP contribution < -0.4 is 9.47 Å². The van der Waals surface area contributed by atoms with Crippen LogP contribution in [0.3, 0.4) is 0 Å². The van der Waals surface area contributed by atoms with E-state index in [1.165, 1.54) is 23.1 Å². The molecule has 0 heterocycles. The number of hydrogen-bond acceptors (Lipinski definition) is 5. The van der Waals surface area contributed by atoms with Crippen LogP contribution in [0.1, 0.15) is 24.1 Å². The van der Waals surface area contributed by atoms with Crippen LogP contribution in [0.4, 0.5) is 5.69 Å². The van der Waals surface area contributed by atoms with E-state index in [4.69, 9.17) is 9.47 Å². The number of nitrogens with zero attached hydrogens (tertiary/aromatic N) is 2. The third-order valence-electron chi connectivity index (χ3n) is 4.32. The van der Waals surface area contributed by atoms with Gasteiger partial charge in [-0.05, 0) is 36.3 Å². The van der Waals surface area contributed by atoms with E-state index in [2.05, 4.69) is 0 Å². The summed E-state index contributed by atoms with van der Waals surface area (Å²) in [6, 6.07) is 11.3. The number of carbonyl (C=O) groups is 1. The standard InChI is InChI=1S/C20H22N2O5/c1-14(16-6-5-7-17(13-16)22(24)25)21(2)20(23)11-9-15-8-10-18(26-3)19(12-15)27-4/h5-14H,1-4H3/b11-9+. The summed E-state index contributed by atoms with van der Waals surface area (Å²) in [7, 11) is 4.76. The van der Waals surface area contributed by atoms with Gasteiger partial charge in [-0.25, -0.2) is 0 Å². The van der Waals surface area contributed by atoms with Gasteiger partial charge in [0.05, 0.1) is 25.2 Å². The molecule has 1 unspecified atom stereocenters. The summed E-state index contributed by atoms with van der Waals surface area (Å²) in [6.07, 6.45) is 3.13. The Labute approximate surface area is 158 Å². The van der Waals surface area contributed by atoms with E-state index in [1.807, 2.05) is 13.0 Å². The first kappa shape index (κ1) is 20.0. The topological polar surface area (TPSA) is 81.9 Å². The number of rotatable bonds is 7. The normalized spacial score (nSPS) is 11.9. The summed E-state index contributed by atoms with van der Waals surface area (Å²) in [6.45, 7) is 1.82. The van der Waals surface area contributed by atoms with Crippen molar-refractivity contribution >= 4 is 17.7 Å². The van der Waals surface area contributed by atoms with Crippen LogP contribution in [-0.2, 0) is 4.79 Å². The summed E-state index contributed by atoms with van der Waals surface area (Å²) in [4.78, 5) is 24.5. The van der Waals surface area contributed by atoms with Gasteiger partial charge in [0.25, 0.3) is 5.69 Å². The molecular formula is C20H22N2O5. The summed E-state index contributed by atoms with van der Waals surface area (Å²) < 4.78 is 10.4. The predicted molar refractivity (Wildman–Crippen MR) is 103 cm³/mol. The molecule has 27 heavy (non-hydrogen) atoms. The van der Waals surface area contributed by atoms with Crippen LogP contribution in [0.15, 0.2) is 48.5 Å². The van der Waals surface area contributed by atoms with E-state index in [-0.39, 0.29) is 17.6 Å². The lowest BCUT2D eigenvalue weighted by molar-refractivity contribution is -0.384. The van der Waals surface area contributed by atoms with Crippen LogP contribution in [-0.4, -0.2) is 37.0 Å². The smallest absolute Gasteiger partial charge is 0.269 e. The number of amides is 1. The zero-order valence-electron chi connectivity index (χ0n) is 15.7. The quantitative estimate of drug-likeness (QED) is 0.420. The Kier molecular flexibility index (Phi) is 6.54. The molecule has 1 amide bonds. The SMILES string of the molecule is COc1ccc(/C=C/C(=O)N(C)C(C)c2cccc([N+](=O)[O-])c2)cc1OC. The molecule has 0 aliphatic heterocycles. The molecule has 0 radical (unpaired) electrons. The number of nitro groups is 1. The average Bonchev–Trinajstić information content (AvgIpc) is 2.70. The molecule has 2 aromatic carbocycles. The van der Waals surface area contributed by atoms with Crippen LogP contribution in [0.5, 0.6) is 11.5 Å². The zero-order valence-corrected chi connectivity index (χ0v) is 15.7. The van der Waals surface area contributed by atoms with Crippen LogP contribution in [0.2, 0.25) is 0 Å². The fourth-order valence-electron chi connectivity index (χ4n) is 2.55. The first-order valence-corrected chi connectivity index (χ1v) is 8.28. The number of carbonyl (C=O) groups excluding carboxylic acids is 1. The van der Waals surface area contributed by atoms with Crippen LogP contribution in [0, 0.1) is 10.1 Å². The summed E-state index contributed by atoms with van der Waals surface area (Å²) in [5, 5.41) is 10.9. The molecule has 0 spiro atoms. The van der Waals surface area contributed by atoms with Crippen molar-refractivity contribution in [1.82, 2.24) is 4.90 Å². The Morgan fingerprint density at radius 1 is 1.15 bits per heavy atom. The molecule has 0 fully saturated rings. The molecule has 2 rings (SSSR count). The zero-order chi connectivity index (χ0) is 20.0. The maximum atomic E-state index is 12.5. The fraction of sp³-hybridized carbons (Fsp3) is 0.250. The molecule has 1 atom stereocenters. The van der Waals surface area contributed by atoms with Crippen molar-refractivity contribution < 1.29 is 19.2 Å². The summed E-state index contributed by atoms with van der Waals surface area (Å²) in [5.41, 5.74) is 1.48. The van der Waals surface area contributed by atoms with Gasteiger partial charge in [-0.2, -0.15) is 0 Å². The molecule has 0 saturated carbocycles. The van der Waals surface area contributed by atoms with Gasteiger partial charge in [0.15, 0.2) is 11.5 Å². The maximum Gasteiger partial charge on any atom is 0.269 e. The molecule has 142 valence electrons. The Balaban J connectivity index is 2.14. The highest BCUT2D eigenvalue weighted by Gasteiger charge is 2.17. The molecule has 0 aliphatic rings. The Morgan fingerprint density at radius 3 is 2.48 bits per heavy atom. The van der Waals surface area contributed by atoms with Gasteiger partial charge >= 0.3 is 0 Å². The van der Waals surface area contributed by atoms with Gasteiger partial charge < -0.3 is 14.4 Å². The second-order valence-electron chi connectivity index (χ2n) is 5.92. The maximum absolute atomic E-state index is 12.5. The van der Waals surface area contributed by atoms with E-state index in [0.717, 1.165) is 5.56 Å². The number of methoxy groups -OCH3 is 2. The van der Waals surface area contributed by atoms with Crippen molar-refractivity contribution in [3.63, 3.8) is 0 Å². The second-order valence-corrected chi connectivity index (χ2v) is 5.92. The number of benzene rings is 2. The van der Waals surface area contributed by atoms with E-state index in [1.54, 1.807) is 51.6 Å². The highest BCUT2D eigenvalue weighted by molar-refractivity contribution is 5.92. The minimum atomic E-state index is -0.449. The Bertz CT molecular complexity index is 863. The first-order valence-electron chi connectivity index (χ1n) is 8.28. The van der Waals surface area contributed by atoms with Gasteiger partial charge in [0.1, 0.15) is 0 Å². The monoisotopic (exact) mass is 370 g/mol. The highest BCUT2D eigenvalue weighted by Crippen LogP contribution is 2.28. The van der Waals surface area contributed by atoms with E-state index in [9.17, 15) is 14.9 Å². The fourth-order valence-corrected chi connectivity index (χ4v) is 2.55. The summed E-state index contributed by atoms with van der Waals surface area (Å²) >= 11 is 0. The number of non-ortho nitro benzene ring substituents is 1. The summed E-state index contributed by atoms with van der Waals surface area (Å²) in [5.74, 6) is 0.964. The highest BCUT2D eigenvalue weighted by atomic mass is 16.6. The molecular weight excluding hydrogens is 348 g/mol.